The van der Waals surface area contributed by atoms with Crippen molar-refractivity contribution in [2.45, 2.75) is 33.1 Å². The van der Waals surface area contributed by atoms with E-state index >= 15 is 0 Å². The molecular formula is C21H23NO4. The summed E-state index contributed by atoms with van der Waals surface area (Å²) < 4.78 is 5.07. The number of aryl methyl sites for hydroxylation is 1. The molecule has 2 rings (SSSR count). The number of carbonyl (C=O) groups is 3. The number of methoxy groups -OCH3 is 1. The van der Waals surface area contributed by atoms with E-state index in [9.17, 15) is 14.4 Å². The molecule has 0 atom stereocenters. The van der Waals surface area contributed by atoms with Crippen LogP contribution in [-0.2, 0) is 4.79 Å². The minimum Gasteiger partial charge on any atom is -0.497 e. The van der Waals surface area contributed by atoms with Gasteiger partial charge in [-0.15, -0.1) is 0 Å². The fourth-order valence-electron chi connectivity index (χ4n) is 2.52. The zero-order chi connectivity index (χ0) is 19.1. The fourth-order valence-corrected chi connectivity index (χ4v) is 2.52. The summed E-state index contributed by atoms with van der Waals surface area (Å²) in [6, 6.07) is 12.1. The van der Waals surface area contributed by atoms with Gasteiger partial charge in [0, 0.05) is 29.7 Å². The van der Waals surface area contributed by atoms with Crippen molar-refractivity contribution in [3.8, 4) is 5.75 Å². The van der Waals surface area contributed by atoms with Gasteiger partial charge in [0.25, 0.3) is 0 Å². The highest BCUT2D eigenvalue weighted by molar-refractivity contribution is 5.98. The Hall–Kier alpha value is -2.95. The van der Waals surface area contributed by atoms with Crippen LogP contribution in [0.3, 0.4) is 0 Å². The SMILES string of the molecule is COc1ccc(C(=O)CCCC(=O)Nc2cc(C(C)=O)ccc2C)cc1. The molecule has 0 bridgehead atoms. The lowest BCUT2D eigenvalue weighted by molar-refractivity contribution is -0.116. The number of hydrogen-bond acceptors (Lipinski definition) is 4. The van der Waals surface area contributed by atoms with E-state index in [1.165, 1.54) is 6.92 Å². The second kappa shape index (κ2) is 8.94. The van der Waals surface area contributed by atoms with Crippen molar-refractivity contribution in [3.05, 3.63) is 59.2 Å². The first-order chi connectivity index (χ1) is 12.4. The summed E-state index contributed by atoms with van der Waals surface area (Å²) in [4.78, 5) is 35.7. The number of rotatable bonds is 8. The lowest BCUT2D eigenvalue weighted by Gasteiger charge is -2.10. The van der Waals surface area contributed by atoms with Gasteiger partial charge in [0.1, 0.15) is 5.75 Å². The molecule has 2 aromatic rings. The van der Waals surface area contributed by atoms with Crippen molar-refractivity contribution in [2.24, 2.45) is 0 Å². The summed E-state index contributed by atoms with van der Waals surface area (Å²) in [6.45, 7) is 3.35. The summed E-state index contributed by atoms with van der Waals surface area (Å²) in [5.74, 6) is 0.473. The topological polar surface area (TPSA) is 72.5 Å². The lowest BCUT2D eigenvalue weighted by atomic mass is 10.0. The molecule has 0 fully saturated rings. The Bertz CT molecular complexity index is 809. The van der Waals surface area contributed by atoms with Crippen LogP contribution in [0.4, 0.5) is 5.69 Å². The molecule has 2 aromatic carbocycles. The maximum Gasteiger partial charge on any atom is 0.224 e. The zero-order valence-corrected chi connectivity index (χ0v) is 15.3. The largest absolute Gasteiger partial charge is 0.497 e. The third kappa shape index (κ3) is 5.28. The maximum absolute atomic E-state index is 12.1. The van der Waals surface area contributed by atoms with E-state index in [2.05, 4.69) is 5.32 Å². The minimum absolute atomic E-state index is 0.00443. The van der Waals surface area contributed by atoms with Crippen LogP contribution in [0.5, 0.6) is 5.75 Å². The lowest BCUT2D eigenvalue weighted by Crippen LogP contribution is -2.13. The number of ether oxygens (including phenoxy) is 1. The highest BCUT2D eigenvalue weighted by atomic mass is 16.5. The smallest absolute Gasteiger partial charge is 0.224 e. The van der Waals surface area contributed by atoms with Gasteiger partial charge in [-0.05, 0) is 56.2 Å². The van der Waals surface area contributed by atoms with E-state index in [1.54, 1.807) is 49.6 Å². The monoisotopic (exact) mass is 353 g/mol. The molecule has 0 aromatic heterocycles. The van der Waals surface area contributed by atoms with Crippen LogP contribution in [0.15, 0.2) is 42.5 Å². The number of nitrogens with one attached hydrogen (secondary N) is 1. The summed E-state index contributed by atoms with van der Waals surface area (Å²) in [5, 5.41) is 2.82. The van der Waals surface area contributed by atoms with Crippen LogP contribution in [0.2, 0.25) is 0 Å². The molecule has 0 aliphatic heterocycles. The van der Waals surface area contributed by atoms with Crippen LogP contribution >= 0.6 is 0 Å². The van der Waals surface area contributed by atoms with Crippen molar-refractivity contribution in [1.82, 2.24) is 0 Å². The minimum atomic E-state index is -0.170. The molecule has 0 radical (unpaired) electrons. The molecule has 0 heterocycles. The molecule has 1 amide bonds. The van der Waals surface area contributed by atoms with Crippen molar-refractivity contribution < 1.29 is 19.1 Å². The molecule has 0 aliphatic rings. The summed E-state index contributed by atoms with van der Waals surface area (Å²) in [7, 11) is 1.57. The first-order valence-electron chi connectivity index (χ1n) is 8.49. The van der Waals surface area contributed by atoms with Gasteiger partial charge >= 0.3 is 0 Å². The maximum atomic E-state index is 12.1. The Kier molecular flexibility index (Phi) is 6.67. The first-order valence-corrected chi connectivity index (χ1v) is 8.49. The number of amides is 1. The summed E-state index contributed by atoms with van der Waals surface area (Å²) >= 11 is 0. The Morgan fingerprint density at radius 3 is 2.23 bits per heavy atom. The first kappa shape index (κ1) is 19.4. The number of carbonyl (C=O) groups excluding carboxylic acids is 3. The number of anilines is 1. The molecule has 0 saturated carbocycles. The van der Waals surface area contributed by atoms with Crippen molar-refractivity contribution in [1.29, 1.82) is 0 Å². The van der Waals surface area contributed by atoms with Crippen molar-refractivity contribution >= 4 is 23.2 Å². The summed E-state index contributed by atoms with van der Waals surface area (Å²) in [6.07, 6.45) is 1.000. The van der Waals surface area contributed by atoms with Gasteiger partial charge in [-0.3, -0.25) is 14.4 Å². The highest BCUT2D eigenvalue weighted by Gasteiger charge is 2.10. The highest BCUT2D eigenvalue weighted by Crippen LogP contribution is 2.18. The van der Waals surface area contributed by atoms with Crippen molar-refractivity contribution in [3.63, 3.8) is 0 Å². The van der Waals surface area contributed by atoms with Gasteiger partial charge in [0.05, 0.1) is 7.11 Å². The fraction of sp³-hybridized carbons (Fsp3) is 0.286. The molecule has 0 aliphatic carbocycles. The van der Waals surface area contributed by atoms with E-state index in [1.807, 2.05) is 6.92 Å². The van der Waals surface area contributed by atoms with Crippen LogP contribution in [-0.4, -0.2) is 24.6 Å². The Balaban J connectivity index is 1.86. The molecule has 1 N–H and O–H groups in total. The van der Waals surface area contributed by atoms with E-state index < -0.39 is 0 Å². The van der Waals surface area contributed by atoms with E-state index in [4.69, 9.17) is 4.74 Å². The molecule has 136 valence electrons. The normalized spacial score (nSPS) is 10.3. The van der Waals surface area contributed by atoms with Gasteiger partial charge in [-0.1, -0.05) is 12.1 Å². The predicted molar refractivity (Wildman–Crippen MR) is 101 cm³/mol. The molecular weight excluding hydrogens is 330 g/mol. The third-order valence-corrected chi connectivity index (χ3v) is 4.14. The quantitative estimate of drug-likeness (QED) is 0.722. The van der Waals surface area contributed by atoms with Gasteiger partial charge < -0.3 is 10.1 Å². The number of hydrogen-bond donors (Lipinski definition) is 1. The van der Waals surface area contributed by atoms with Crippen LogP contribution in [0.1, 0.15) is 52.5 Å². The van der Waals surface area contributed by atoms with Gasteiger partial charge in [0.2, 0.25) is 5.91 Å². The number of ketones is 2. The summed E-state index contributed by atoms with van der Waals surface area (Å²) in [5.41, 5.74) is 2.68. The Morgan fingerprint density at radius 1 is 0.962 bits per heavy atom. The average Bonchev–Trinajstić information content (AvgIpc) is 2.63. The molecule has 0 unspecified atom stereocenters. The average molecular weight is 353 g/mol. The van der Waals surface area contributed by atoms with Crippen LogP contribution in [0, 0.1) is 6.92 Å². The third-order valence-electron chi connectivity index (χ3n) is 4.14. The Morgan fingerprint density at radius 2 is 1.62 bits per heavy atom. The number of benzene rings is 2. The van der Waals surface area contributed by atoms with E-state index in [0.717, 1.165) is 5.56 Å². The molecule has 5 heteroatoms. The van der Waals surface area contributed by atoms with E-state index in [0.29, 0.717) is 35.4 Å². The molecule has 5 nitrogen and oxygen atoms in total. The van der Waals surface area contributed by atoms with E-state index in [-0.39, 0.29) is 23.9 Å². The number of Topliss-reactive ketones (excluding diaryl/α,β-unsaturated/α-hetero) is 2. The van der Waals surface area contributed by atoms with Gasteiger partial charge in [0.15, 0.2) is 11.6 Å². The van der Waals surface area contributed by atoms with Gasteiger partial charge in [-0.25, -0.2) is 0 Å². The molecule has 0 spiro atoms. The molecule has 26 heavy (non-hydrogen) atoms. The molecule has 0 saturated heterocycles. The second-order valence-electron chi connectivity index (χ2n) is 6.14. The second-order valence-corrected chi connectivity index (χ2v) is 6.14. The van der Waals surface area contributed by atoms with Crippen molar-refractivity contribution in [2.75, 3.05) is 12.4 Å². The zero-order valence-electron chi connectivity index (χ0n) is 15.3. The van der Waals surface area contributed by atoms with Gasteiger partial charge in [-0.2, -0.15) is 0 Å². The standard InChI is InChI=1S/C21H23NO4/c1-14-7-8-17(15(2)23)13-19(14)22-21(25)6-4-5-20(24)16-9-11-18(26-3)12-10-16/h7-13H,4-6H2,1-3H3,(H,22,25). The van der Waals surface area contributed by atoms with Crippen LogP contribution in [0.25, 0.3) is 0 Å². The predicted octanol–water partition coefficient (Wildman–Crippen LogP) is 4.20. The Labute approximate surface area is 153 Å². The van der Waals surface area contributed by atoms with Crippen LogP contribution < -0.4 is 10.1 Å².